The van der Waals surface area contributed by atoms with Crippen LogP contribution in [0, 0.1) is 5.82 Å². The van der Waals surface area contributed by atoms with Crippen molar-refractivity contribution in [2.75, 3.05) is 12.4 Å². The quantitative estimate of drug-likeness (QED) is 0.785. The third-order valence-electron chi connectivity index (χ3n) is 2.23. The predicted octanol–water partition coefficient (Wildman–Crippen LogP) is 2.32. The standard InChI is InChI=1S/C11H15ClFNO3S/c12-10-5-4-9(8-11(10)13)17-6-2-1-3-7-18(14,15)16/h4-5,8H,1-3,6-7H2,(H2,14,15,16). The largest absolute Gasteiger partial charge is 0.493 e. The molecule has 0 unspecified atom stereocenters. The highest BCUT2D eigenvalue weighted by molar-refractivity contribution is 7.89. The van der Waals surface area contributed by atoms with Gasteiger partial charge >= 0.3 is 0 Å². The number of hydrogen-bond acceptors (Lipinski definition) is 3. The summed E-state index contributed by atoms with van der Waals surface area (Å²) in [7, 11) is -3.38. The first-order valence-electron chi connectivity index (χ1n) is 5.47. The topological polar surface area (TPSA) is 69.4 Å². The molecule has 18 heavy (non-hydrogen) atoms. The lowest BCUT2D eigenvalue weighted by atomic mass is 10.2. The van der Waals surface area contributed by atoms with Gasteiger partial charge in [0.05, 0.1) is 17.4 Å². The molecule has 0 saturated carbocycles. The number of ether oxygens (including phenoxy) is 1. The maximum Gasteiger partial charge on any atom is 0.209 e. The van der Waals surface area contributed by atoms with Crippen molar-refractivity contribution < 1.29 is 17.5 Å². The van der Waals surface area contributed by atoms with Crippen molar-refractivity contribution in [3.05, 3.63) is 29.0 Å². The zero-order valence-corrected chi connectivity index (χ0v) is 11.3. The van der Waals surface area contributed by atoms with E-state index in [2.05, 4.69) is 0 Å². The van der Waals surface area contributed by atoms with Crippen molar-refractivity contribution in [2.24, 2.45) is 5.14 Å². The molecule has 102 valence electrons. The zero-order valence-electron chi connectivity index (χ0n) is 9.73. The summed E-state index contributed by atoms with van der Waals surface area (Å²) in [6, 6.07) is 4.22. The van der Waals surface area contributed by atoms with E-state index in [-0.39, 0.29) is 10.8 Å². The van der Waals surface area contributed by atoms with Gasteiger partial charge in [0, 0.05) is 6.07 Å². The summed E-state index contributed by atoms with van der Waals surface area (Å²) in [6.45, 7) is 0.395. The molecule has 0 atom stereocenters. The highest BCUT2D eigenvalue weighted by Gasteiger charge is 2.03. The minimum absolute atomic E-state index is 0.0252. The van der Waals surface area contributed by atoms with Gasteiger partial charge in [0.1, 0.15) is 11.6 Å². The molecule has 0 bridgehead atoms. The van der Waals surface area contributed by atoms with Crippen LogP contribution in [0.2, 0.25) is 5.02 Å². The predicted molar refractivity (Wildman–Crippen MR) is 68.7 cm³/mol. The number of sulfonamides is 1. The molecule has 1 aromatic rings. The fourth-order valence-electron chi connectivity index (χ4n) is 1.34. The van der Waals surface area contributed by atoms with Crippen LogP contribution < -0.4 is 9.88 Å². The maximum atomic E-state index is 13.0. The van der Waals surface area contributed by atoms with Crippen molar-refractivity contribution in [1.82, 2.24) is 0 Å². The van der Waals surface area contributed by atoms with Crippen molar-refractivity contribution in [1.29, 1.82) is 0 Å². The normalized spacial score (nSPS) is 11.5. The fourth-order valence-corrected chi connectivity index (χ4v) is 2.06. The Morgan fingerprint density at radius 3 is 2.61 bits per heavy atom. The molecule has 0 aromatic heterocycles. The van der Waals surface area contributed by atoms with Gasteiger partial charge in [-0.25, -0.2) is 17.9 Å². The SMILES string of the molecule is NS(=O)(=O)CCCCCOc1ccc(Cl)c(F)c1. The van der Waals surface area contributed by atoms with E-state index < -0.39 is 15.8 Å². The van der Waals surface area contributed by atoms with Crippen LogP contribution in [0.3, 0.4) is 0 Å². The Labute approximate surface area is 111 Å². The third kappa shape index (κ3) is 6.18. The van der Waals surface area contributed by atoms with Gasteiger partial charge in [0.25, 0.3) is 0 Å². The van der Waals surface area contributed by atoms with E-state index in [1.165, 1.54) is 12.1 Å². The summed E-state index contributed by atoms with van der Waals surface area (Å²) in [5.74, 6) is -0.144. The molecule has 0 saturated heterocycles. The molecule has 0 aliphatic heterocycles. The van der Waals surface area contributed by atoms with Crippen molar-refractivity contribution in [3.63, 3.8) is 0 Å². The van der Waals surface area contributed by atoms with Gasteiger partial charge in [-0.2, -0.15) is 0 Å². The summed E-state index contributed by atoms with van der Waals surface area (Å²) < 4.78 is 39.6. The van der Waals surface area contributed by atoms with Crippen molar-refractivity contribution in [2.45, 2.75) is 19.3 Å². The molecule has 0 aliphatic rings. The Kier molecular flexibility index (Phi) is 5.84. The second kappa shape index (κ2) is 6.92. The van der Waals surface area contributed by atoms with Crippen LogP contribution in [-0.4, -0.2) is 20.8 Å². The van der Waals surface area contributed by atoms with E-state index in [1.807, 2.05) is 0 Å². The number of unbranched alkanes of at least 4 members (excludes halogenated alkanes) is 2. The van der Waals surface area contributed by atoms with Gasteiger partial charge in [-0.3, -0.25) is 0 Å². The Balaban J connectivity index is 2.20. The summed E-state index contributed by atoms with van der Waals surface area (Å²) in [5, 5.41) is 4.91. The van der Waals surface area contributed by atoms with Crippen molar-refractivity contribution >= 4 is 21.6 Å². The lowest BCUT2D eigenvalue weighted by molar-refractivity contribution is 0.305. The van der Waals surface area contributed by atoms with Crippen molar-refractivity contribution in [3.8, 4) is 5.75 Å². The van der Waals surface area contributed by atoms with E-state index in [1.54, 1.807) is 6.07 Å². The molecule has 0 fully saturated rings. The molecule has 0 aliphatic carbocycles. The van der Waals surface area contributed by atoms with E-state index in [0.717, 1.165) is 0 Å². The van der Waals surface area contributed by atoms with E-state index in [4.69, 9.17) is 21.5 Å². The average Bonchev–Trinajstić information content (AvgIpc) is 2.26. The summed E-state index contributed by atoms with van der Waals surface area (Å²) in [4.78, 5) is 0. The van der Waals surface area contributed by atoms with Gasteiger partial charge in [-0.15, -0.1) is 0 Å². The Morgan fingerprint density at radius 2 is 2.00 bits per heavy atom. The summed E-state index contributed by atoms with van der Waals surface area (Å²) >= 11 is 5.53. The minimum atomic E-state index is -3.38. The number of rotatable bonds is 7. The van der Waals surface area contributed by atoms with Gasteiger partial charge < -0.3 is 4.74 Å². The van der Waals surface area contributed by atoms with Crippen LogP contribution in [0.5, 0.6) is 5.75 Å². The van der Waals surface area contributed by atoms with Gasteiger partial charge in [-0.05, 0) is 31.4 Å². The molecule has 0 heterocycles. The molecule has 4 nitrogen and oxygen atoms in total. The lowest BCUT2D eigenvalue weighted by Gasteiger charge is -2.06. The first-order chi connectivity index (χ1) is 8.38. The van der Waals surface area contributed by atoms with Gasteiger partial charge in [-0.1, -0.05) is 11.6 Å². The van der Waals surface area contributed by atoms with Crippen LogP contribution in [0.4, 0.5) is 4.39 Å². The molecule has 1 rings (SSSR count). The second-order valence-electron chi connectivity index (χ2n) is 3.85. The number of halogens is 2. The Hall–Kier alpha value is -0.850. The monoisotopic (exact) mass is 295 g/mol. The Bertz CT molecular complexity index is 493. The van der Waals surface area contributed by atoms with Gasteiger partial charge in [0.15, 0.2) is 0 Å². The summed E-state index contributed by atoms with van der Waals surface area (Å²) in [6.07, 6.45) is 1.86. The zero-order chi connectivity index (χ0) is 13.6. The molecule has 0 amide bonds. The van der Waals surface area contributed by atoms with Crippen LogP contribution in [0.25, 0.3) is 0 Å². The molecule has 2 N–H and O–H groups in total. The smallest absolute Gasteiger partial charge is 0.209 e. The number of benzene rings is 1. The average molecular weight is 296 g/mol. The van der Waals surface area contributed by atoms with E-state index in [9.17, 15) is 12.8 Å². The van der Waals surface area contributed by atoms with Crippen LogP contribution in [0.15, 0.2) is 18.2 Å². The van der Waals surface area contributed by atoms with Crippen LogP contribution in [-0.2, 0) is 10.0 Å². The van der Waals surface area contributed by atoms with Gasteiger partial charge in [0.2, 0.25) is 10.0 Å². The molecular weight excluding hydrogens is 281 g/mol. The first kappa shape index (κ1) is 15.2. The first-order valence-corrected chi connectivity index (χ1v) is 7.56. The lowest BCUT2D eigenvalue weighted by Crippen LogP contribution is -2.16. The maximum absolute atomic E-state index is 13.0. The van der Waals surface area contributed by atoms with Crippen LogP contribution in [0.1, 0.15) is 19.3 Å². The van der Waals surface area contributed by atoms with E-state index >= 15 is 0 Å². The molecule has 7 heteroatoms. The number of hydrogen-bond donors (Lipinski definition) is 1. The third-order valence-corrected chi connectivity index (χ3v) is 3.40. The van der Waals surface area contributed by atoms with Crippen LogP contribution >= 0.6 is 11.6 Å². The highest BCUT2D eigenvalue weighted by Crippen LogP contribution is 2.20. The number of nitrogens with two attached hydrogens (primary N) is 1. The molecule has 1 aromatic carbocycles. The number of primary sulfonamides is 1. The molecular formula is C11H15ClFNO3S. The summed E-state index contributed by atoms with van der Waals surface area (Å²) in [5.41, 5.74) is 0. The molecule has 0 spiro atoms. The second-order valence-corrected chi connectivity index (χ2v) is 5.99. The molecule has 0 radical (unpaired) electrons. The Morgan fingerprint density at radius 1 is 1.28 bits per heavy atom. The fraction of sp³-hybridized carbons (Fsp3) is 0.455. The highest BCUT2D eigenvalue weighted by atomic mass is 35.5. The van der Waals surface area contributed by atoms with E-state index in [0.29, 0.717) is 31.6 Å². The minimum Gasteiger partial charge on any atom is -0.493 e.